The summed E-state index contributed by atoms with van der Waals surface area (Å²) in [6, 6.07) is 0. The summed E-state index contributed by atoms with van der Waals surface area (Å²) in [5.41, 5.74) is 0. The summed E-state index contributed by atoms with van der Waals surface area (Å²) in [7, 11) is -3.39. The summed E-state index contributed by atoms with van der Waals surface area (Å²) in [5, 5.41) is 9.23. The van der Waals surface area contributed by atoms with Gasteiger partial charge in [-0.3, -0.25) is 0 Å². The fraction of sp³-hybridized carbons (Fsp3) is 1.00. The van der Waals surface area contributed by atoms with Gasteiger partial charge in [0.15, 0.2) is 14.0 Å². The average molecular weight is 215 g/mol. The van der Waals surface area contributed by atoms with Gasteiger partial charge >= 0.3 is 0 Å². The van der Waals surface area contributed by atoms with Crippen molar-refractivity contribution >= 4 is 21.4 Å². The normalized spacial score (nSPS) is 20.1. The first kappa shape index (κ1) is 12.2. The van der Waals surface area contributed by atoms with Gasteiger partial charge in [0, 0.05) is 5.75 Å². The molecule has 0 aliphatic rings. The minimum atomic E-state index is -3.39. The van der Waals surface area contributed by atoms with E-state index in [1.54, 1.807) is 6.92 Å². The molecular weight excluding hydrogens is 200 g/mol. The number of aliphatic hydroxyl groups is 1. The first-order valence-electron chi connectivity index (χ1n) is 3.91. The van der Waals surface area contributed by atoms with Crippen molar-refractivity contribution in [3.63, 3.8) is 0 Å². The van der Waals surface area contributed by atoms with E-state index < -0.39 is 20.1 Å². The fourth-order valence-electron chi connectivity index (χ4n) is 1.02. The molecule has 0 amide bonds. The van der Waals surface area contributed by atoms with Gasteiger partial charge in [-0.25, -0.2) is 8.42 Å². The molecule has 2 atom stereocenters. The fourth-order valence-corrected chi connectivity index (χ4v) is 2.78. The van der Waals surface area contributed by atoms with Crippen LogP contribution in [0.4, 0.5) is 0 Å². The van der Waals surface area contributed by atoms with Crippen LogP contribution in [0.5, 0.6) is 0 Å². The van der Waals surface area contributed by atoms with Crippen LogP contribution in [0.2, 0.25) is 0 Å². The third kappa shape index (κ3) is 1.92. The SMILES string of the molecule is CC[C@@](Cl)([C@@H](C)O)S(=O)(=O)CC. The summed E-state index contributed by atoms with van der Waals surface area (Å²) in [6.07, 6.45) is -0.836. The first-order valence-corrected chi connectivity index (χ1v) is 5.94. The summed E-state index contributed by atoms with van der Waals surface area (Å²) in [6.45, 7) is 4.56. The largest absolute Gasteiger partial charge is 0.390 e. The van der Waals surface area contributed by atoms with Gasteiger partial charge in [-0.1, -0.05) is 25.4 Å². The van der Waals surface area contributed by atoms with Crippen LogP contribution >= 0.6 is 11.6 Å². The number of hydrogen-bond acceptors (Lipinski definition) is 3. The van der Waals surface area contributed by atoms with E-state index in [2.05, 4.69) is 0 Å². The predicted octanol–water partition coefficient (Wildman–Crippen LogP) is 1.15. The monoisotopic (exact) mass is 214 g/mol. The van der Waals surface area contributed by atoms with Crippen molar-refractivity contribution in [1.29, 1.82) is 0 Å². The lowest BCUT2D eigenvalue weighted by atomic mass is 10.2. The van der Waals surface area contributed by atoms with Crippen molar-refractivity contribution in [3.8, 4) is 0 Å². The second-order valence-electron chi connectivity index (χ2n) is 2.72. The molecule has 0 saturated heterocycles. The third-order valence-electron chi connectivity index (χ3n) is 2.00. The van der Waals surface area contributed by atoms with E-state index in [-0.39, 0.29) is 12.2 Å². The van der Waals surface area contributed by atoms with Gasteiger partial charge < -0.3 is 5.11 Å². The minimum absolute atomic E-state index is 0.0464. The average Bonchev–Trinajstić information content (AvgIpc) is 2.02. The number of rotatable bonds is 4. The van der Waals surface area contributed by atoms with Crippen LogP contribution in [0.3, 0.4) is 0 Å². The highest BCUT2D eigenvalue weighted by molar-refractivity contribution is 7.94. The lowest BCUT2D eigenvalue weighted by molar-refractivity contribution is 0.171. The van der Waals surface area contributed by atoms with E-state index in [1.165, 1.54) is 13.8 Å². The highest BCUT2D eigenvalue weighted by Crippen LogP contribution is 2.31. The van der Waals surface area contributed by atoms with Crippen LogP contribution < -0.4 is 0 Å². The maximum absolute atomic E-state index is 11.4. The van der Waals surface area contributed by atoms with Crippen LogP contribution in [0.15, 0.2) is 0 Å². The number of aliphatic hydroxyl groups excluding tert-OH is 1. The molecule has 0 aliphatic carbocycles. The van der Waals surface area contributed by atoms with E-state index in [1.807, 2.05) is 0 Å². The molecule has 0 heterocycles. The summed E-state index contributed by atoms with van der Waals surface area (Å²) in [4.78, 5) is 0. The molecule has 0 aromatic rings. The Bertz CT molecular complexity index is 235. The Morgan fingerprint density at radius 3 is 2.00 bits per heavy atom. The van der Waals surface area contributed by atoms with Gasteiger partial charge in [0.25, 0.3) is 0 Å². The van der Waals surface area contributed by atoms with Gasteiger partial charge in [0.1, 0.15) is 0 Å². The molecule has 0 rings (SSSR count). The Balaban J connectivity index is 5.02. The molecular formula is C7H15ClO3S. The molecule has 74 valence electrons. The maximum atomic E-state index is 11.4. The Labute approximate surface area is 78.7 Å². The molecule has 5 heteroatoms. The van der Waals surface area contributed by atoms with Crippen LogP contribution in [-0.4, -0.2) is 29.6 Å². The number of hydrogen-bond donors (Lipinski definition) is 1. The molecule has 3 nitrogen and oxygen atoms in total. The summed E-state index contributed by atoms with van der Waals surface area (Å²) in [5.74, 6) is -0.0464. The number of alkyl halides is 1. The minimum Gasteiger partial charge on any atom is -0.390 e. The van der Waals surface area contributed by atoms with Crippen LogP contribution in [0, 0.1) is 0 Å². The lowest BCUT2D eigenvalue weighted by Crippen LogP contribution is -2.43. The molecule has 0 saturated carbocycles. The van der Waals surface area contributed by atoms with Gasteiger partial charge in [0.05, 0.1) is 6.10 Å². The molecule has 12 heavy (non-hydrogen) atoms. The highest BCUT2D eigenvalue weighted by atomic mass is 35.5. The third-order valence-corrected chi connectivity index (χ3v) is 5.72. The van der Waals surface area contributed by atoms with Crippen molar-refractivity contribution < 1.29 is 13.5 Å². The molecule has 0 bridgehead atoms. The number of halogens is 1. The topological polar surface area (TPSA) is 54.4 Å². The second kappa shape index (κ2) is 3.94. The lowest BCUT2D eigenvalue weighted by Gasteiger charge is -2.27. The van der Waals surface area contributed by atoms with Crippen molar-refractivity contribution in [2.75, 3.05) is 5.75 Å². The molecule has 0 aromatic heterocycles. The quantitative estimate of drug-likeness (QED) is 0.715. The molecule has 0 aliphatic heterocycles. The molecule has 0 aromatic carbocycles. The van der Waals surface area contributed by atoms with Crippen molar-refractivity contribution in [2.24, 2.45) is 0 Å². The molecule has 1 N–H and O–H groups in total. The van der Waals surface area contributed by atoms with Crippen LogP contribution in [-0.2, 0) is 9.84 Å². The zero-order valence-corrected chi connectivity index (χ0v) is 9.11. The summed E-state index contributed by atoms with van der Waals surface area (Å²) >= 11 is 5.81. The number of sulfone groups is 1. The Morgan fingerprint density at radius 1 is 1.50 bits per heavy atom. The van der Waals surface area contributed by atoms with Crippen LogP contribution in [0.1, 0.15) is 27.2 Å². The van der Waals surface area contributed by atoms with Crippen molar-refractivity contribution in [3.05, 3.63) is 0 Å². The smallest absolute Gasteiger partial charge is 0.172 e. The van der Waals surface area contributed by atoms with Crippen molar-refractivity contribution in [1.82, 2.24) is 0 Å². The van der Waals surface area contributed by atoms with E-state index in [4.69, 9.17) is 11.6 Å². The van der Waals surface area contributed by atoms with Gasteiger partial charge in [-0.15, -0.1) is 0 Å². The van der Waals surface area contributed by atoms with Crippen LogP contribution in [0.25, 0.3) is 0 Å². The van der Waals surface area contributed by atoms with E-state index in [0.29, 0.717) is 0 Å². The van der Waals surface area contributed by atoms with Gasteiger partial charge in [-0.05, 0) is 13.3 Å². The Morgan fingerprint density at radius 2 is 1.92 bits per heavy atom. The second-order valence-corrected chi connectivity index (χ2v) is 6.15. The zero-order valence-electron chi connectivity index (χ0n) is 7.54. The molecule has 0 unspecified atom stereocenters. The Kier molecular flexibility index (Phi) is 4.00. The molecule has 0 radical (unpaired) electrons. The van der Waals surface area contributed by atoms with E-state index in [0.717, 1.165) is 0 Å². The predicted molar refractivity (Wildman–Crippen MR) is 50.0 cm³/mol. The van der Waals surface area contributed by atoms with Crippen molar-refractivity contribution in [2.45, 2.75) is 37.5 Å². The highest BCUT2D eigenvalue weighted by Gasteiger charge is 2.43. The summed E-state index contributed by atoms with van der Waals surface area (Å²) < 4.78 is 21.3. The Hall–Kier alpha value is 0.200. The van der Waals surface area contributed by atoms with E-state index in [9.17, 15) is 13.5 Å². The van der Waals surface area contributed by atoms with Gasteiger partial charge in [-0.2, -0.15) is 0 Å². The standard InChI is InChI=1S/C7H15ClO3S/c1-4-7(8,6(3)9)12(10,11)5-2/h6,9H,4-5H2,1-3H3/t6-,7+/m1/s1. The molecule has 0 spiro atoms. The first-order chi connectivity index (χ1) is 5.31. The molecule has 0 fully saturated rings. The maximum Gasteiger partial charge on any atom is 0.172 e. The zero-order chi connectivity index (χ0) is 9.99. The van der Waals surface area contributed by atoms with Gasteiger partial charge in [0.2, 0.25) is 0 Å². The van der Waals surface area contributed by atoms with E-state index >= 15 is 0 Å².